The standard InChI is InChI=1S/C6H13NO3S/c1-6(4-7)5-11(8,9)3-2-10-6/h2-5,7H2,1H3. The minimum Gasteiger partial charge on any atom is -0.372 e. The van der Waals surface area contributed by atoms with Crippen LogP contribution in [0, 0.1) is 0 Å². The molecular weight excluding hydrogens is 166 g/mol. The second-order valence-electron chi connectivity index (χ2n) is 3.09. The average molecular weight is 179 g/mol. The number of ether oxygens (including phenoxy) is 1. The largest absolute Gasteiger partial charge is 0.372 e. The minimum absolute atomic E-state index is 0.0521. The van der Waals surface area contributed by atoms with E-state index in [2.05, 4.69) is 0 Å². The van der Waals surface area contributed by atoms with E-state index >= 15 is 0 Å². The maximum absolute atomic E-state index is 11.1. The highest BCUT2D eigenvalue weighted by Crippen LogP contribution is 2.17. The van der Waals surface area contributed by atoms with Crippen molar-refractivity contribution in [3.05, 3.63) is 0 Å². The minimum atomic E-state index is -2.91. The van der Waals surface area contributed by atoms with E-state index in [-0.39, 0.29) is 24.7 Å². The molecule has 1 aliphatic rings. The molecule has 1 saturated heterocycles. The molecule has 0 aromatic rings. The Hall–Kier alpha value is -0.130. The lowest BCUT2D eigenvalue weighted by atomic mass is 10.1. The third-order valence-corrected chi connectivity index (χ3v) is 3.64. The van der Waals surface area contributed by atoms with Gasteiger partial charge in [-0.3, -0.25) is 0 Å². The fourth-order valence-corrected chi connectivity index (χ4v) is 2.73. The van der Waals surface area contributed by atoms with Crippen molar-refractivity contribution >= 4 is 9.84 Å². The van der Waals surface area contributed by atoms with Crippen LogP contribution in [0.1, 0.15) is 6.92 Å². The summed E-state index contributed by atoms with van der Waals surface area (Å²) < 4.78 is 27.4. The zero-order valence-corrected chi connectivity index (χ0v) is 7.36. The predicted molar refractivity (Wildman–Crippen MR) is 42.1 cm³/mol. The SMILES string of the molecule is CC1(CN)CS(=O)(=O)CCO1. The van der Waals surface area contributed by atoms with Crippen LogP contribution < -0.4 is 5.73 Å². The Morgan fingerprint density at radius 2 is 2.27 bits per heavy atom. The molecule has 0 aliphatic carbocycles. The Labute approximate surface area is 66.6 Å². The van der Waals surface area contributed by atoms with Crippen LogP contribution in [0.15, 0.2) is 0 Å². The molecule has 66 valence electrons. The summed E-state index contributed by atoms with van der Waals surface area (Å²) in [6.07, 6.45) is 0. The molecule has 1 aliphatic heterocycles. The lowest BCUT2D eigenvalue weighted by Crippen LogP contribution is -2.49. The van der Waals surface area contributed by atoms with Crippen LogP contribution in [-0.4, -0.2) is 38.7 Å². The smallest absolute Gasteiger partial charge is 0.155 e. The van der Waals surface area contributed by atoms with E-state index in [1.54, 1.807) is 6.92 Å². The molecule has 1 fully saturated rings. The molecule has 0 bridgehead atoms. The Bertz CT molecular complexity index is 236. The fraction of sp³-hybridized carbons (Fsp3) is 1.00. The highest BCUT2D eigenvalue weighted by atomic mass is 32.2. The van der Waals surface area contributed by atoms with E-state index in [4.69, 9.17) is 10.5 Å². The van der Waals surface area contributed by atoms with Gasteiger partial charge in [-0.15, -0.1) is 0 Å². The van der Waals surface area contributed by atoms with E-state index in [9.17, 15) is 8.42 Å². The Kier molecular flexibility index (Phi) is 2.22. The summed E-state index contributed by atoms with van der Waals surface area (Å²) in [5.74, 6) is 0.180. The van der Waals surface area contributed by atoms with E-state index in [0.717, 1.165) is 0 Å². The van der Waals surface area contributed by atoms with Gasteiger partial charge in [-0.25, -0.2) is 8.42 Å². The molecule has 0 saturated carbocycles. The third kappa shape index (κ3) is 2.15. The molecule has 0 spiro atoms. The molecule has 0 amide bonds. The van der Waals surface area contributed by atoms with Gasteiger partial charge < -0.3 is 10.5 Å². The quantitative estimate of drug-likeness (QED) is 0.569. The van der Waals surface area contributed by atoms with Crippen LogP contribution in [0.4, 0.5) is 0 Å². The zero-order chi connectivity index (χ0) is 8.54. The first kappa shape index (κ1) is 8.96. The first-order valence-electron chi connectivity index (χ1n) is 3.52. The molecular formula is C6H13NO3S. The second kappa shape index (κ2) is 2.73. The van der Waals surface area contributed by atoms with Crippen LogP contribution in [0.5, 0.6) is 0 Å². The van der Waals surface area contributed by atoms with Gasteiger partial charge in [0.15, 0.2) is 9.84 Å². The van der Waals surface area contributed by atoms with Gasteiger partial charge in [0, 0.05) is 6.54 Å². The van der Waals surface area contributed by atoms with E-state index in [1.165, 1.54) is 0 Å². The van der Waals surface area contributed by atoms with Crippen LogP contribution in [0.2, 0.25) is 0 Å². The summed E-state index contributed by atoms with van der Waals surface area (Å²) in [6, 6.07) is 0. The molecule has 2 N–H and O–H groups in total. The number of hydrogen-bond donors (Lipinski definition) is 1. The van der Waals surface area contributed by atoms with Crippen LogP contribution in [-0.2, 0) is 14.6 Å². The molecule has 1 unspecified atom stereocenters. The van der Waals surface area contributed by atoms with Gasteiger partial charge in [0.1, 0.15) is 0 Å². The van der Waals surface area contributed by atoms with Crippen LogP contribution >= 0.6 is 0 Å². The molecule has 0 radical (unpaired) electrons. The summed E-state index contributed by atoms with van der Waals surface area (Å²) in [5.41, 5.74) is 4.71. The normalized spacial score (nSPS) is 36.9. The first-order valence-corrected chi connectivity index (χ1v) is 5.34. The summed E-state index contributed by atoms with van der Waals surface area (Å²) in [4.78, 5) is 0. The Morgan fingerprint density at radius 3 is 2.64 bits per heavy atom. The predicted octanol–water partition coefficient (Wildman–Crippen LogP) is -0.851. The summed E-state index contributed by atoms with van der Waals surface area (Å²) in [5, 5.41) is 0. The van der Waals surface area contributed by atoms with E-state index in [1.807, 2.05) is 0 Å². The van der Waals surface area contributed by atoms with Crippen molar-refractivity contribution in [2.75, 3.05) is 24.7 Å². The van der Waals surface area contributed by atoms with Crippen molar-refractivity contribution in [2.24, 2.45) is 5.73 Å². The van der Waals surface area contributed by atoms with Gasteiger partial charge in [0.25, 0.3) is 0 Å². The van der Waals surface area contributed by atoms with Gasteiger partial charge in [0.05, 0.1) is 23.7 Å². The fourth-order valence-electron chi connectivity index (χ4n) is 1.11. The summed E-state index contributed by atoms with van der Waals surface area (Å²) >= 11 is 0. The van der Waals surface area contributed by atoms with Crippen molar-refractivity contribution in [3.8, 4) is 0 Å². The highest BCUT2D eigenvalue weighted by Gasteiger charge is 2.34. The molecule has 1 heterocycles. The Morgan fingerprint density at radius 1 is 1.64 bits per heavy atom. The van der Waals surface area contributed by atoms with Gasteiger partial charge in [-0.2, -0.15) is 0 Å². The monoisotopic (exact) mass is 179 g/mol. The third-order valence-electron chi connectivity index (χ3n) is 1.80. The van der Waals surface area contributed by atoms with Gasteiger partial charge >= 0.3 is 0 Å². The van der Waals surface area contributed by atoms with Crippen molar-refractivity contribution in [1.82, 2.24) is 0 Å². The lowest BCUT2D eigenvalue weighted by Gasteiger charge is -2.31. The number of sulfone groups is 1. The maximum Gasteiger partial charge on any atom is 0.155 e. The molecule has 5 heteroatoms. The van der Waals surface area contributed by atoms with Gasteiger partial charge in [-0.05, 0) is 6.92 Å². The lowest BCUT2D eigenvalue weighted by molar-refractivity contribution is -0.00589. The van der Waals surface area contributed by atoms with Crippen molar-refractivity contribution in [1.29, 1.82) is 0 Å². The van der Waals surface area contributed by atoms with Crippen molar-refractivity contribution < 1.29 is 13.2 Å². The van der Waals surface area contributed by atoms with Crippen LogP contribution in [0.3, 0.4) is 0 Å². The molecule has 1 atom stereocenters. The van der Waals surface area contributed by atoms with Crippen LogP contribution in [0.25, 0.3) is 0 Å². The van der Waals surface area contributed by atoms with Crippen molar-refractivity contribution in [3.63, 3.8) is 0 Å². The maximum atomic E-state index is 11.1. The van der Waals surface area contributed by atoms with E-state index in [0.29, 0.717) is 0 Å². The zero-order valence-electron chi connectivity index (χ0n) is 6.54. The van der Waals surface area contributed by atoms with Gasteiger partial charge in [-0.1, -0.05) is 0 Å². The number of hydrogen-bond acceptors (Lipinski definition) is 4. The van der Waals surface area contributed by atoms with Gasteiger partial charge in [0.2, 0.25) is 0 Å². The molecule has 1 rings (SSSR count). The molecule has 4 nitrogen and oxygen atoms in total. The molecule has 0 aromatic heterocycles. The molecule has 11 heavy (non-hydrogen) atoms. The highest BCUT2D eigenvalue weighted by molar-refractivity contribution is 7.91. The Balaban J connectivity index is 2.75. The topological polar surface area (TPSA) is 69.4 Å². The summed E-state index contributed by atoms with van der Waals surface area (Å²) in [7, 11) is -2.91. The molecule has 0 aromatic carbocycles. The second-order valence-corrected chi connectivity index (χ2v) is 5.28. The summed E-state index contributed by atoms with van der Waals surface area (Å²) in [6.45, 7) is 2.26. The average Bonchev–Trinajstić information content (AvgIpc) is 1.85. The first-order chi connectivity index (χ1) is 4.97. The number of nitrogens with two attached hydrogens (primary N) is 1. The van der Waals surface area contributed by atoms with Crippen molar-refractivity contribution in [2.45, 2.75) is 12.5 Å². The van der Waals surface area contributed by atoms with E-state index < -0.39 is 15.4 Å². The number of rotatable bonds is 1.